The number of esters is 1. The van der Waals surface area contributed by atoms with Gasteiger partial charge in [0.1, 0.15) is 0 Å². The molecule has 0 amide bonds. The van der Waals surface area contributed by atoms with Gasteiger partial charge in [-0.15, -0.1) is 11.3 Å². The van der Waals surface area contributed by atoms with Crippen molar-refractivity contribution >= 4 is 17.3 Å². The minimum Gasteiger partial charge on any atom is -0.455 e. The van der Waals surface area contributed by atoms with E-state index in [-0.39, 0.29) is 24.9 Å². The van der Waals surface area contributed by atoms with E-state index in [1.807, 2.05) is 29.6 Å². The molecule has 3 aromatic rings. The van der Waals surface area contributed by atoms with Gasteiger partial charge in [-0.2, -0.15) is 4.98 Å². The minimum atomic E-state index is -0.307. The van der Waals surface area contributed by atoms with Crippen molar-refractivity contribution in [2.45, 2.75) is 32.8 Å². The standard InChI is InChI=1S/C18H18N2O3S/c1-12(2)13-5-7-14(8-6-13)18-19-16(23-20-18)11-22-17(21)10-15-4-3-9-24-15/h3-9,12H,10-11H2,1-2H3. The van der Waals surface area contributed by atoms with Gasteiger partial charge in [0.15, 0.2) is 6.61 Å². The molecule has 1 aromatic carbocycles. The lowest BCUT2D eigenvalue weighted by atomic mass is 10.0. The van der Waals surface area contributed by atoms with Crippen LogP contribution in [-0.4, -0.2) is 16.1 Å². The Balaban J connectivity index is 1.58. The molecule has 24 heavy (non-hydrogen) atoms. The van der Waals surface area contributed by atoms with E-state index in [2.05, 4.69) is 36.1 Å². The van der Waals surface area contributed by atoms with Gasteiger partial charge in [-0.3, -0.25) is 4.79 Å². The van der Waals surface area contributed by atoms with Crippen molar-refractivity contribution < 1.29 is 14.1 Å². The van der Waals surface area contributed by atoms with Crippen LogP contribution in [0.15, 0.2) is 46.3 Å². The van der Waals surface area contributed by atoms with Crippen LogP contribution in [0.25, 0.3) is 11.4 Å². The van der Waals surface area contributed by atoms with Crippen LogP contribution >= 0.6 is 11.3 Å². The second-order valence-corrected chi connectivity index (χ2v) is 6.74. The zero-order valence-electron chi connectivity index (χ0n) is 13.6. The molecule has 0 saturated heterocycles. The van der Waals surface area contributed by atoms with E-state index in [4.69, 9.17) is 9.26 Å². The topological polar surface area (TPSA) is 65.2 Å². The van der Waals surface area contributed by atoms with Gasteiger partial charge in [0.25, 0.3) is 5.89 Å². The number of benzene rings is 1. The summed E-state index contributed by atoms with van der Waals surface area (Å²) in [5.41, 5.74) is 2.13. The lowest BCUT2D eigenvalue weighted by Gasteiger charge is -2.04. The van der Waals surface area contributed by atoms with E-state index in [0.29, 0.717) is 11.7 Å². The number of nitrogens with zero attached hydrogens (tertiary/aromatic N) is 2. The van der Waals surface area contributed by atoms with Crippen LogP contribution in [0.2, 0.25) is 0 Å². The van der Waals surface area contributed by atoms with Crippen LogP contribution in [0.3, 0.4) is 0 Å². The van der Waals surface area contributed by atoms with Gasteiger partial charge >= 0.3 is 5.97 Å². The molecule has 6 heteroatoms. The number of thiophene rings is 1. The first-order chi connectivity index (χ1) is 11.6. The van der Waals surface area contributed by atoms with Crippen LogP contribution in [0.5, 0.6) is 0 Å². The number of hydrogen-bond acceptors (Lipinski definition) is 6. The van der Waals surface area contributed by atoms with E-state index in [0.717, 1.165) is 10.4 Å². The third-order valence-corrected chi connectivity index (χ3v) is 4.44. The predicted octanol–water partition coefficient (Wildman–Crippen LogP) is 4.21. The van der Waals surface area contributed by atoms with Gasteiger partial charge < -0.3 is 9.26 Å². The highest BCUT2D eigenvalue weighted by Gasteiger charge is 2.12. The summed E-state index contributed by atoms with van der Waals surface area (Å²) in [6.45, 7) is 4.28. The average molecular weight is 342 g/mol. The number of carbonyl (C=O) groups excluding carboxylic acids is 1. The molecule has 0 spiro atoms. The van der Waals surface area contributed by atoms with Crippen molar-refractivity contribution in [3.63, 3.8) is 0 Å². The summed E-state index contributed by atoms with van der Waals surface area (Å²) in [7, 11) is 0. The molecule has 2 heterocycles. The smallest absolute Gasteiger partial charge is 0.311 e. The molecule has 0 N–H and O–H groups in total. The fraction of sp³-hybridized carbons (Fsp3) is 0.278. The lowest BCUT2D eigenvalue weighted by molar-refractivity contribution is -0.144. The Hall–Kier alpha value is -2.47. The molecule has 0 atom stereocenters. The van der Waals surface area contributed by atoms with Crippen molar-refractivity contribution in [1.82, 2.24) is 10.1 Å². The summed E-state index contributed by atoms with van der Waals surface area (Å²) in [6.07, 6.45) is 0.259. The van der Waals surface area contributed by atoms with Gasteiger partial charge in [0.05, 0.1) is 6.42 Å². The third-order valence-electron chi connectivity index (χ3n) is 3.56. The van der Waals surface area contributed by atoms with Crippen LogP contribution in [0.4, 0.5) is 0 Å². The highest BCUT2D eigenvalue weighted by atomic mass is 32.1. The second kappa shape index (κ2) is 7.40. The van der Waals surface area contributed by atoms with Crippen molar-refractivity contribution in [1.29, 1.82) is 0 Å². The van der Waals surface area contributed by atoms with Crippen molar-refractivity contribution in [3.8, 4) is 11.4 Å². The van der Waals surface area contributed by atoms with Gasteiger partial charge in [0.2, 0.25) is 5.82 Å². The first-order valence-corrected chi connectivity index (χ1v) is 8.60. The van der Waals surface area contributed by atoms with Gasteiger partial charge in [0, 0.05) is 10.4 Å². The predicted molar refractivity (Wildman–Crippen MR) is 91.6 cm³/mol. The van der Waals surface area contributed by atoms with E-state index in [1.165, 1.54) is 16.9 Å². The number of ether oxygens (including phenoxy) is 1. The number of carbonyl (C=O) groups is 1. The molecular formula is C18H18N2O3S. The summed E-state index contributed by atoms with van der Waals surface area (Å²) in [5, 5.41) is 5.87. The summed E-state index contributed by atoms with van der Waals surface area (Å²) < 4.78 is 10.3. The van der Waals surface area contributed by atoms with E-state index in [9.17, 15) is 4.79 Å². The molecule has 0 unspecified atom stereocenters. The Morgan fingerprint density at radius 3 is 2.71 bits per heavy atom. The molecule has 0 aliphatic rings. The molecule has 3 rings (SSSR count). The summed E-state index contributed by atoms with van der Waals surface area (Å²) in [5.74, 6) is 0.952. The zero-order valence-corrected chi connectivity index (χ0v) is 14.4. The lowest BCUT2D eigenvalue weighted by Crippen LogP contribution is -2.07. The Bertz CT molecular complexity index is 792. The normalized spacial score (nSPS) is 11.0. The van der Waals surface area contributed by atoms with Crippen molar-refractivity contribution in [2.24, 2.45) is 0 Å². The summed E-state index contributed by atoms with van der Waals surface area (Å²) in [6, 6.07) is 11.8. The van der Waals surface area contributed by atoms with E-state index in [1.54, 1.807) is 0 Å². The van der Waals surface area contributed by atoms with Crippen LogP contribution in [0.1, 0.15) is 36.1 Å². The molecule has 0 aliphatic carbocycles. The molecule has 124 valence electrons. The maximum absolute atomic E-state index is 11.8. The molecule has 0 radical (unpaired) electrons. The molecule has 0 saturated carbocycles. The van der Waals surface area contributed by atoms with Crippen LogP contribution in [-0.2, 0) is 22.6 Å². The molecule has 2 aromatic heterocycles. The Labute approximate surface area is 144 Å². The van der Waals surface area contributed by atoms with Crippen LogP contribution in [0, 0.1) is 0 Å². The highest BCUT2D eigenvalue weighted by Crippen LogP contribution is 2.20. The molecule has 0 bridgehead atoms. The molecule has 0 aliphatic heterocycles. The van der Waals surface area contributed by atoms with Crippen molar-refractivity contribution in [3.05, 3.63) is 58.1 Å². The maximum atomic E-state index is 11.8. The maximum Gasteiger partial charge on any atom is 0.311 e. The Morgan fingerprint density at radius 2 is 2.04 bits per heavy atom. The zero-order chi connectivity index (χ0) is 16.9. The first kappa shape index (κ1) is 16.4. The van der Waals surface area contributed by atoms with Crippen molar-refractivity contribution in [2.75, 3.05) is 0 Å². The summed E-state index contributed by atoms with van der Waals surface area (Å²) in [4.78, 5) is 17.0. The van der Waals surface area contributed by atoms with Gasteiger partial charge in [-0.05, 0) is 22.9 Å². The van der Waals surface area contributed by atoms with Gasteiger partial charge in [-0.25, -0.2) is 0 Å². The molecular weight excluding hydrogens is 324 g/mol. The van der Waals surface area contributed by atoms with Gasteiger partial charge in [-0.1, -0.05) is 49.3 Å². The summed E-state index contributed by atoms with van der Waals surface area (Å²) >= 11 is 1.53. The average Bonchev–Trinajstić information content (AvgIpc) is 3.24. The highest BCUT2D eigenvalue weighted by molar-refractivity contribution is 7.10. The monoisotopic (exact) mass is 342 g/mol. The Kier molecular flexibility index (Phi) is 5.05. The van der Waals surface area contributed by atoms with E-state index >= 15 is 0 Å². The van der Waals surface area contributed by atoms with Crippen LogP contribution < -0.4 is 0 Å². The number of hydrogen-bond donors (Lipinski definition) is 0. The van der Waals surface area contributed by atoms with E-state index < -0.39 is 0 Å². The minimum absolute atomic E-state index is 0.0126. The SMILES string of the molecule is CC(C)c1ccc(-c2noc(COC(=O)Cc3cccs3)n2)cc1. The quantitative estimate of drug-likeness (QED) is 0.628. The molecule has 5 nitrogen and oxygen atoms in total. The largest absolute Gasteiger partial charge is 0.455 e. The number of aromatic nitrogens is 2. The number of rotatable bonds is 6. The second-order valence-electron chi connectivity index (χ2n) is 5.71. The Morgan fingerprint density at radius 1 is 1.25 bits per heavy atom. The fourth-order valence-electron chi connectivity index (χ4n) is 2.20. The first-order valence-electron chi connectivity index (χ1n) is 7.73. The molecule has 0 fully saturated rings. The third kappa shape index (κ3) is 4.08. The fourth-order valence-corrected chi connectivity index (χ4v) is 2.89.